The third-order valence-electron chi connectivity index (χ3n) is 3.19. The van der Waals surface area contributed by atoms with Gasteiger partial charge in [0.15, 0.2) is 0 Å². The molecule has 18 heavy (non-hydrogen) atoms. The maximum absolute atomic E-state index is 5.76. The van der Waals surface area contributed by atoms with Gasteiger partial charge in [0, 0.05) is 10.9 Å². The molecule has 2 heterocycles. The largest absolute Gasteiger partial charge is 0.324 e. The average molecular weight is 257 g/mol. The molecule has 92 valence electrons. The van der Waals surface area contributed by atoms with Crippen LogP contribution in [0.5, 0.6) is 0 Å². The summed E-state index contributed by atoms with van der Waals surface area (Å²) in [5.41, 5.74) is 10.7. The minimum atomic E-state index is 0.461. The molecule has 0 fully saturated rings. The van der Waals surface area contributed by atoms with Crippen molar-refractivity contribution in [2.24, 2.45) is 5.73 Å². The number of benzene rings is 1. The number of aryl methyl sites for hydroxylation is 2. The number of thiazole rings is 1. The van der Waals surface area contributed by atoms with Crippen molar-refractivity contribution >= 4 is 16.2 Å². The molecule has 2 N–H and O–H groups in total. The zero-order chi connectivity index (χ0) is 12.7. The zero-order valence-corrected chi connectivity index (χ0v) is 11.3. The van der Waals surface area contributed by atoms with E-state index in [0.29, 0.717) is 6.54 Å². The van der Waals surface area contributed by atoms with Crippen molar-refractivity contribution in [3.63, 3.8) is 0 Å². The van der Waals surface area contributed by atoms with Crippen LogP contribution in [-0.2, 0) is 6.54 Å². The van der Waals surface area contributed by atoms with Gasteiger partial charge in [-0.15, -0.1) is 11.3 Å². The van der Waals surface area contributed by atoms with Crippen molar-refractivity contribution in [1.29, 1.82) is 0 Å². The highest BCUT2D eigenvalue weighted by Gasteiger charge is 2.12. The van der Waals surface area contributed by atoms with E-state index in [4.69, 9.17) is 5.73 Å². The Morgan fingerprint density at radius 2 is 2.17 bits per heavy atom. The Hall–Kier alpha value is -1.65. The molecule has 0 saturated heterocycles. The molecule has 1 aromatic carbocycles. The molecule has 0 aliphatic rings. The van der Waals surface area contributed by atoms with Crippen LogP contribution < -0.4 is 5.73 Å². The van der Waals surface area contributed by atoms with E-state index in [1.165, 1.54) is 22.4 Å². The lowest BCUT2D eigenvalue weighted by atomic mass is 10.0. The quantitative estimate of drug-likeness (QED) is 0.766. The molecule has 3 nitrogen and oxygen atoms in total. The molecule has 3 rings (SSSR count). The first kappa shape index (κ1) is 11.4. The molecule has 0 bridgehead atoms. The van der Waals surface area contributed by atoms with Crippen molar-refractivity contribution in [2.75, 3.05) is 0 Å². The lowest BCUT2D eigenvalue weighted by Gasteiger charge is -2.07. The van der Waals surface area contributed by atoms with Crippen LogP contribution in [0.3, 0.4) is 0 Å². The van der Waals surface area contributed by atoms with E-state index in [9.17, 15) is 0 Å². The summed E-state index contributed by atoms with van der Waals surface area (Å²) in [6.07, 6.45) is 1.89. The molecule has 0 unspecified atom stereocenters. The molecule has 0 radical (unpaired) electrons. The fraction of sp³-hybridized carbons (Fsp3) is 0.214. The van der Waals surface area contributed by atoms with Gasteiger partial charge in [0.2, 0.25) is 0 Å². The number of rotatable bonds is 2. The summed E-state index contributed by atoms with van der Waals surface area (Å²) < 4.78 is 2.16. The summed E-state index contributed by atoms with van der Waals surface area (Å²) in [5.74, 6) is 0.919. The first-order chi connectivity index (χ1) is 8.70. The predicted molar refractivity (Wildman–Crippen MR) is 75.9 cm³/mol. The van der Waals surface area contributed by atoms with E-state index < -0.39 is 0 Å². The van der Waals surface area contributed by atoms with Gasteiger partial charge in [-0.05, 0) is 25.5 Å². The predicted octanol–water partition coefficient (Wildman–Crippen LogP) is 3.14. The number of imidazole rings is 1. The maximum Gasteiger partial charge on any atom is 0.128 e. The van der Waals surface area contributed by atoms with E-state index in [2.05, 4.69) is 46.8 Å². The SMILES string of the molecule is Cc1ccc(C)c(-c2csc3cnc(CN)n23)c1. The van der Waals surface area contributed by atoms with Crippen LogP contribution >= 0.6 is 11.3 Å². The Labute approximate surface area is 110 Å². The standard InChI is InChI=1S/C14H15N3S/c1-9-3-4-10(2)11(5-9)12-8-18-14-7-16-13(6-15)17(12)14/h3-5,7-8H,6,15H2,1-2H3. The van der Waals surface area contributed by atoms with E-state index in [-0.39, 0.29) is 0 Å². The lowest BCUT2D eigenvalue weighted by molar-refractivity contribution is 0.911. The Bertz CT molecular complexity index is 709. The number of fused-ring (bicyclic) bond motifs is 1. The van der Waals surface area contributed by atoms with Gasteiger partial charge in [-0.3, -0.25) is 4.40 Å². The van der Waals surface area contributed by atoms with Gasteiger partial charge >= 0.3 is 0 Å². The minimum Gasteiger partial charge on any atom is -0.324 e. The summed E-state index contributed by atoms with van der Waals surface area (Å²) in [6, 6.07) is 6.52. The molecular formula is C14H15N3S. The first-order valence-electron chi connectivity index (χ1n) is 5.92. The van der Waals surface area contributed by atoms with Crippen LogP contribution in [0, 0.1) is 13.8 Å². The molecule has 3 aromatic rings. The van der Waals surface area contributed by atoms with Crippen LogP contribution in [0.15, 0.2) is 29.8 Å². The molecule has 0 saturated carbocycles. The Morgan fingerprint density at radius 1 is 1.33 bits per heavy atom. The third kappa shape index (κ3) is 1.65. The van der Waals surface area contributed by atoms with Gasteiger partial charge in [0.1, 0.15) is 10.7 Å². The summed E-state index contributed by atoms with van der Waals surface area (Å²) in [5, 5.41) is 2.18. The second-order valence-electron chi connectivity index (χ2n) is 4.49. The number of nitrogens with zero attached hydrogens (tertiary/aromatic N) is 2. The Morgan fingerprint density at radius 3 is 2.94 bits per heavy atom. The van der Waals surface area contributed by atoms with Gasteiger partial charge < -0.3 is 5.73 Å². The normalized spacial score (nSPS) is 11.3. The van der Waals surface area contributed by atoms with E-state index >= 15 is 0 Å². The average Bonchev–Trinajstić information content (AvgIpc) is 2.93. The molecule has 0 amide bonds. The molecular weight excluding hydrogens is 242 g/mol. The van der Waals surface area contributed by atoms with E-state index in [0.717, 1.165) is 10.7 Å². The topological polar surface area (TPSA) is 43.3 Å². The molecule has 4 heteroatoms. The fourth-order valence-corrected chi connectivity index (χ4v) is 3.11. The maximum atomic E-state index is 5.76. The second kappa shape index (κ2) is 4.23. The van der Waals surface area contributed by atoms with Gasteiger partial charge in [-0.25, -0.2) is 4.98 Å². The van der Waals surface area contributed by atoms with Crippen LogP contribution in [0.25, 0.3) is 16.1 Å². The highest BCUT2D eigenvalue weighted by atomic mass is 32.1. The van der Waals surface area contributed by atoms with Crippen molar-refractivity contribution in [3.05, 3.63) is 46.7 Å². The number of hydrogen-bond donors (Lipinski definition) is 1. The highest BCUT2D eigenvalue weighted by molar-refractivity contribution is 7.15. The summed E-state index contributed by atoms with van der Waals surface area (Å²) in [4.78, 5) is 5.51. The van der Waals surface area contributed by atoms with Crippen LogP contribution in [0.1, 0.15) is 17.0 Å². The highest BCUT2D eigenvalue weighted by Crippen LogP contribution is 2.30. The van der Waals surface area contributed by atoms with Crippen molar-refractivity contribution < 1.29 is 0 Å². The van der Waals surface area contributed by atoms with Crippen molar-refractivity contribution in [2.45, 2.75) is 20.4 Å². The fourth-order valence-electron chi connectivity index (χ4n) is 2.22. The Kier molecular flexibility index (Phi) is 2.69. The van der Waals surface area contributed by atoms with E-state index in [1.54, 1.807) is 11.3 Å². The van der Waals surface area contributed by atoms with Crippen molar-refractivity contribution in [3.8, 4) is 11.3 Å². The van der Waals surface area contributed by atoms with Crippen LogP contribution in [-0.4, -0.2) is 9.38 Å². The molecule has 0 aliphatic heterocycles. The number of nitrogens with two attached hydrogens (primary N) is 1. The minimum absolute atomic E-state index is 0.461. The number of aromatic nitrogens is 2. The van der Waals surface area contributed by atoms with Crippen LogP contribution in [0.4, 0.5) is 0 Å². The number of hydrogen-bond acceptors (Lipinski definition) is 3. The molecule has 0 spiro atoms. The molecule has 0 atom stereocenters. The van der Waals surface area contributed by atoms with E-state index in [1.807, 2.05) is 6.20 Å². The second-order valence-corrected chi connectivity index (χ2v) is 5.38. The van der Waals surface area contributed by atoms with Gasteiger partial charge in [-0.1, -0.05) is 17.7 Å². The zero-order valence-electron chi connectivity index (χ0n) is 10.5. The molecule has 0 aliphatic carbocycles. The Balaban J connectivity index is 2.30. The summed E-state index contributed by atoms with van der Waals surface area (Å²) in [6.45, 7) is 4.71. The first-order valence-corrected chi connectivity index (χ1v) is 6.80. The van der Waals surface area contributed by atoms with Crippen LogP contribution in [0.2, 0.25) is 0 Å². The molecule has 2 aromatic heterocycles. The van der Waals surface area contributed by atoms with Gasteiger partial charge in [-0.2, -0.15) is 0 Å². The third-order valence-corrected chi connectivity index (χ3v) is 4.06. The summed E-state index contributed by atoms with van der Waals surface area (Å²) >= 11 is 1.70. The summed E-state index contributed by atoms with van der Waals surface area (Å²) in [7, 11) is 0. The van der Waals surface area contributed by atoms with Crippen molar-refractivity contribution in [1.82, 2.24) is 9.38 Å². The smallest absolute Gasteiger partial charge is 0.128 e. The van der Waals surface area contributed by atoms with Gasteiger partial charge in [0.25, 0.3) is 0 Å². The lowest BCUT2D eigenvalue weighted by Crippen LogP contribution is -2.03. The van der Waals surface area contributed by atoms with Gasteiger partial charge in [0.05, 0.1) is 18.4 Å². The monoisotopic (exact) mass is 257 g/mol.